The number of aliphatic hydroxyl groups excluding tert-OH is 1. The maximum absolute atomic E-state index is 9.92. The molecule has 1 aliphatic rings. The van der Waals surface area contributed by atoms with Gasteiger partial charge in [-0.2, -0.15) is 0 Å². The van der Waals surface area contributed by atoms with Crippen molar-refractivity contribution in [3.63, 3.8) is 0 Å². The fourth-order valence-corrected chi connectivity index (χ4v) is 2.61. The van der Waals surface area contributed by atoms with Crippen molar-refractivity contribution in [2.24, 2.45) is 0 Å². The number of hydrogen-bond acceptors (Lipinski definition) is 3. The van der Waals surface area contributed by atoms with Gasteiger partial charge in [-0.1, -0.05) is 23.7 Å². The molecule has 1 saturated heterocycles. The van der Waals surface area contributed by atoms with Gasteiger partial charge in [0.25, 0.3) is 0 Å². The Hall–Kier alpha value is -0.610. The van der Waals surface area contributed by atoms with Crippen molar-refractivity contribution in [2.45, 2.75) is 25.4 Å². The van der Waals surface area contributed by atoms with E-state index >= 15 is 0 Å². The lowest BCUT2D eigenvalue weighted by molar-refractivity contribution is 0.124. The number of likely N-dealkylation sites (tertiary alicyclic amines) is 1. The molecule has 0 aliphatic carbocycles. The van der Waals surface area contributed by atoms with Crippen molar-refractivity contribution in [2.75, 3.05) is 32.7 Å². The Labute approximate surface area is 120 Å². The van der Waals surface area contributed by atoms with Crippen LogP contribution in [0.15, 0.2) is 24.3 Å². The van der Waals surface area contributed by atoms with Gasteiger partial charge in [0.1, 0.15) is 0 Å². The van der Waals surface area contributed by atoms with Gasteiger partial charge >= 0.3 is 0 Å². The third-order valence-electron chi connectivity index (χ3n) is 3.55. The van der Waals surface area contributed by atoms with Crippen molar-refractivity contribution in [1.82, 2.24) is 10.2 Å². The van der Waals surface area contributed by atoms with Crippen LogP contribution in [0.25, 0.3) is 0 Å². The second-order valence-corrected chi connectivity index (χ2v) is 5.68. The van der Waals surface area contributed by atoms with Crippen LogP contribution >= 0.6 is 11.6 Å². The summed E-state index contributed by atoms with van der Waals surface area (Å²) in [6.45, 7) is 4.64. The topological polar surface area (TPSA) is 35.5 Å². The lowest BCUT2D eigenvalue weighted by Gasteiger charge is -2.19. The zero-order valence-electron chi connectivity index (χ0n) is 11.3. The number of β-amino-alcohol motifs (C(OH)–C–C–N with tert-alkyl or cyclic N) is 1. The molecule has 0 spiro atoms. The van der Waals surface area contributed by atoms with Gasteiger partial charge in [-0.3, -0.25) is 0 Å². The minimum Gasteiger partial charge on any atom is -0.390 e. The normalized spacial score (nSPS) is 17.8. The summed E-state index contributed by atoms with van der Waals surface area (Å²) in [6.07, 6.45) is 3.25. The maximum Gasteiger partial charge on any atom is 0.0791 e. The van der Waals surface area contributed by atoms with Crippen LogP contribution in [0.3, 0.4) is 0 Å². The molecule has 2 N–H and O–H groups in total. The largest absolute Gasteiger partial charge is 0.390 e. The van der Waals surface area contributed by atoms with Crippen LogP contribution in [0.1, 0.15) is 18.4 Å². The van der Waals surface area contributed by atoms with Gasteiger partial charge in [0, 0.05) is 18.1 Å². The highest BCUT2D eigenvalue weighted by Gasteiger charge is 2.15. The van der Waals surface area contributed by atoms with E-state index in [1.807, 2.05) is 24.3 Å². The SMILES string of the molecule is OC(CNCCc1ccc(Cl)cc1)CN1CCCC1. The molecule has 1 aromatic carbocycles. The molecular formula is C15H23ClN2O. The standard InChI is InChI=1S/C15H23ClN2O/c16-14-5-3-13(4-6-14)7-8-17-11-15(19)12-18-9-1-2-10-18/h3-6,15,17,19H,1-2,7-12H2. The van der Waals surface area contributed by atoms with E-state index in [0.717, 1.165) is 37.6 Å². The Morgan fingerprint density at radius 3 is 2.58 bits per heavy atom. The molecule has 4 heteroatoms. The van der Waals surface area contributed by atoms with Crippen molar-refractivity contribution >= 4 is 11.6 Å². The number of nitrogens with one attached hydrogen (secondary N) is 1. The Kier molecular flexibility index (Phi) is 6.11. The summed E-state index contributed by atoms with van der Waals surface area (Å²) in [5.41, 5.74) is 1.27. The fourth-order valence-electron chi connectivity index (χ4n) is 2.48. The Morgan fingerprint density at radius 2 is 1.89 bits per heavy atom. The average molecular weight is 283 g/mol. The van der Waals surface area contributed by atoms with Gasteiger partial charge < -0.3 is 15.3 Å². The van der Waals surface area contributed by atoms with E-state index in [4.69, 9.17) is 11.6 Å². The summed E-state index contributed by atoms with van der Waals surface area (Å²) >= 11 is 5.84. The van der Waals surface area contributed by atoms with Crippen LogP contribution < -0.4 is 5.32 Å². The molecule has 0 radical (unpaired) electrons. The first-order valence-electron chi connectivity index (χ1n) is 7.09. The summed E-state index contributed by atoms with van der Waals surface area (Å²) in [5, 5.41) is 14.0. The maximum atomic E-state index is 9.92. The van der Waals surface area contributed by atoms with Gasteiger partial charge in [-0.25, -0.2) is 0 Å². The number of hydrogen-bond donors (Lipinski definition) is 2. The van der Waals surface area contributed by atoms with Gasteiger partial charge in [0.2, 0.25) is 0 Å². The third-order valence-corrected chi connectivity index (χ3v) is 3.80. The summed E-state index contributed by atoms with van der Waals surface area (Å²) in [7, 11) is 0. The van der Waals surface area contributed by atoms with E-state index in [1.54, 1.807) is 0 Å². The molecule has 1 atom stereocenters. The summed E-state index contributed by atoms with van der Waals surface area (Å²) in [4.78, 5) is 2.34. The number of benzene rings is 1. The van der Waals surface area contributed by atoms with Crippen LogP contribution in [0.2, 0.25) is 5.02 Å². The summed E-state index contributed by atoms with van der Waals surface area (Å²) in [5.74, 6) is 0. The molecule has 3 nitrogen and oxygen atoms in total. The van der Waals surface area contributed by atoms with Gasteiger partial charge in [-0.15, -0.1) is 0 Å². The zero-order valence-corrected chi connectivity index (χ0v) is 12.1. The van der Waals surface area contributed by atoms with Gasteiger partial charge in [0.15, 0.2) is 0 Å². The molecule has 1 aliphatic heterocycles. The van der Waals surface area contributed by atoms with Crippen LogP contribution in [-0.2, 0) is 6.42 Å². The quantitative estimate of drug-likeness (QED) is 0.750. The molecule has 0 bridgehead atoms. The predicted molar refractivity (Wildman–Crippen MR) is 79.7 cm³/mol. The number of aliphatic hydroxyl groups is 1. The predicted octanol–water partition coefficient (Wildman–Crippen LogP) is 1.93. The highest BCUT2D eigenvalue weighted by atomic mass is 35.5. The van der Waals surface area contributed by atoms with Crippen molar-refractivity contribution in [3.05, 3.63) is 34.9 Å². The van der Waals surface area contributed by atoms with Crippen LogP contribution in [0, 0.1) is 0 Å². The van der Waals surface area contributed by atoms with Gasteiger partial charge in [-0.05, 0) is 56.6 Å². The molecule has 0 aromatic heterocycles. The monoisotopic (exact) mass is 282 g/mol. The molecule has 0 saturated carbocycles. The molecule has 1 fully saturated rings. The van der Waals surface area contributed by atoms with Gasteiger partial charge in [0.05, 0.1) is 6.10 Å². The Morgan fingerprint density at radius 1 is 1.21 bits per heavy atom. The number of rotatable bonds is 7. The lowest BCUT2D eigenvalue weighted by Crippen LogP contribution is -2.37. The van der Waals surface area contributed by atoms with Crippen molar-refractivity contribution in [1.29, 1.82) is 0 Å². The Bertz CT molecular complexity index is 363. The summed E-state index contributed by atoms with van der Waals surface area (Å²) < 4.78 is 0. The van der Waals surface area contributed by atoms with E-state index in [2.05, 4.69) is 10.2 Å². The molecular weight excluding hydrogens is 260 g/mol. The molecule has 106 valence electrons. The average Bonchev–Trinajstić information content (AvgIpc) is 2.89. The van der Waals surface area contributed by atoms with Crippen LogP contribution in [0.5, 0.6) is 0 Å². The van der Waals surface area contributed by atoms with Crippen molar-refractivity contribution in [3.8, 4) is 0 Å². The smallest absolute Gasteiger partial charge is 0.0791 e. The number of halogens is 1. The van der Waals surface area contributed by atoms with E-state index in [0.29, 0.717) is 6.54 Å². The minimum absolute atomic E-state index is 0.261. The lowest BCUT2D eigenvalue weighted by atomic mass is 10.1. The van der Waals surface area contributed by atoms with E-state index < -0.39 is 0 Å². The third kappa shape index (κ3) is 5.49. The van der Waals surface area contributed by atoms with Crippen LogP contribution in [-0.4, -0.2) is 48.8 Å². The van der Waals surface area contributed by atoms with E-state index in [1.165, 1.54) is 18.4 Å². The highest BCUT2D eigenvalue weighted by molar-refractivity contribution is 6.30. The van der Waals surface area contributed by atoms with E-state index in [-0.39, 0.29) is 6.10 Å². The van der Waals surface area contributed by atoms with E-state index in [9.17, 15) is 5.11 Å². The first kappa shape index (κ1) is 14.8. The summed E-state index contributed by atoms with van der Waals surface area (Å²) in [6, 6.07) is 7.92. The molecule has 19 heavy (non-hydrogen) atoms. The first-order valence-corrected chi connectivity index (χ1v) is 7.47. The molecule has 2 rings (SSSR count). The zero-order chi connectivity index (χ0) is 13.5. The molecule has 1 unspecified atom stereocenters. The first-order chi connectivity index (χ1) is 9.24. The number of nitrogens with zero attached hydrogens (tertiary/aromatic N) is 1. The van der Waals surface area contributed by atoms with Crippen LogP contribution in [0.4, 0.5) is 0 Å². The highest BCUT2D eigenvalue weighted by Crippen LogP contribution is 2.09. The second kappa shape index (κ2) is 7.85. The fraction of sp³-hybridized carbons (Fsp3) is 0.600. The minimum atomic E-state index is -0.261. The molecule has 0 amide bonds. The van der Waals surface area contributed by atoms with Crippen molar-refractivity contribution < 1.29 is 5.11 Å². The second-order valence-electron chi connectivity index (χ2n) is 5.24. The Balaban J connectivity index is 1.57. The molecule has 1 aromatic rings. The molecule has 1 heterocycles.